The maximum Gasteiger partial charge on any atom is 0.203 e. The van der Waals surface area contributed by atoms with E-state index in [2.05, 4.69) is 6.58 Å². The molecule has 3 rings (SSSR count). The number of fused-ring (bicyclic) bond motifs is 1. The third kappa shape index (κ3) is 2.19. The smallest absolute Gasteiger partial charge is 0.203 e. The van der Waals surface area contributed by atoms with Crippen LogP contribution in [0.25, 0.3) is 16.7 Å². The van der Waals surface area contributed by atoms with Crippen LogP contribution in [0.2, 0.25) is 0 Å². The standard InChI is InChI=1S/C16H14F3NO2/c1-3-22-8(2)10-7-20(9-4-5-9)15-12(18)6-11(17)14(19)13(15)16(10)21/h6-7,9H,2-5H2,1H3. The molecule has 0 bridgehead atoms. The van der Waals surface area contributed by atoms with Crippen LogP contribution in [-0.4, -0.2) is 11.2 Å². The van der Waals surface area contributed by atoms with Crippen molar-refractivity contribution < 1.29 is 17.9 Å². The second-order valence-corrected chi connectivity index (χ2v) is 5.24. The lowest BCUT2D eigenvalue weighted by atomic mass is 10.1. The van der Waals surface area contributed by atoms with Gasteiger partial charge in [0.1, 0.15) is 5.76 Å². The van der Waals surface area contributed by atoms with Crippen molar-refractivity contribution in [1.82, 2.24) is 4.57 Å². The molecule has 0 unspecified atom stereocenters. The Morgan fingerprint density at radius 2 is 2.05 bits per heavy atom. The molecule has 1 aliphatic carbocycles. The molecule has 1 saturated carbocycles. The molecule has 0 spiro atoms. The average Bonchev–Trinajstić information content (AvgIpc) is 3.29. The fourth-order valence-corrected chi connectivity index (χ4v) is 2.53. The molecule has 1 aromatic heterocycles. The summed E-state index contributed by atoms with van der Waals surface area (Å²) in [5.74, 6) is -3.62. The van der Waals surface area contributed by atoms with Gasteiger partial charge < -0.3 is 9.30 Å². The van der Waals surface area contributed by atoms with Crippen LogP contribution in [-0.2, 0) is 4.74 Å². The van der Waals surface area contributed by atoms with E-state index in [0.29, 0.717) is 6.07 Å². The Hall–Kier alpha value is -2.24. The normalized spacial score (nSPS) is 14.4. The summed E-state index contributed by atoms with van der Waals surface area (Å²) < 4.78 is 48.4. The predicted octanol–water partition coefficient (Wildman–Crippen LogP) is 3.76. The van der Waals surface area contributed by atoms with E-state index in [-0.39, 0.29) is 29.5 Å². The number of benzene rings is 1. The maximum absolute atomic E-state index is 14.1. The number of pyridine rings is 1. The van der Waals surface area contributed by atoms with Crippen LogP contribution in [0.5, 0.6) is 0 Å². The summed E-state index contributed by atoms with van der Waals surface area (Å²) in [5.41, 5.74) is -1.01. The minimum absolute atomic E-state index is 0.0187. The highest BCUT2D eigenvalue weighted by Crippen LogP contribution is 2.38. The number of hydrogen-bond donors (Lipinski definition) is 0. The molecule has 0 amide bonds. The summed E-state index contributed by atoms with van der Waals surface area (Å²) in [6, 6.07) is 0.433. The number of halogens is 3. The van der Waals surface area contributed by atoms with Gasteiger partial charge in [-0.25, -0.2) is 13.2 Å². The van der Waals surface area contributed by atoms with Gasteiger partial charge in [-0.15, -0.1) is 0 Å². The fourth-order valence-electron chi connectivity index (χ4n) is 2.53. The first-order chi connectivity index (χ1) is 10.5. The van der Waals surface area contributed by atoms with Gasteiger partial charge in [0.15, 0.2) is 17.5 Å². The van der Waals surface area contributed by atoms with E-state index in [4.69, 9.17) is 4.74 Å². The van der Waals surface area contributed by atoms with Crippen molar-refractivity contribution in [3.8, 4) is 0 Å². The first-order valence-electron chi connectivity index (χ1n) is 7.00. The predicted molar refractivity (Wildman–Crippen MR) is 77.0 cm³/mol. The van der Waals surface area contributed by atoms with Crippen molar-refractivity contribution in [2.75, 3.05) is 6.61 Å². The highest BCUT2D eigenvalue weighted by molar-refractivity contribution is 5.83. The average molecular weight is 309 g/mol. The number of hydrogen-bond acceptors (Lipinski definition) is 2. The van der Waals surface area contributed by atoms with Gasteiger partial charge in [-0.3, -0.25) is 4.79 Å². The van der Waals surface area contributed by atoms with Crippen LogP contribution in [0.15, 0.2) is 23.6 Å². The molecule has 6 heteroatoms. The second kappa shape index (κ2) is 5.19. The summed E-state index contributed by atoms with van der Waals surface area (Å²) in [6.07, 6.45) is 2.99. The minimum Gasteiger partial charge on any atom is -0.494 e. The number of rotatable bonds is 4. The second-order valence-electron chi connectivity index (χ2n) is 5.24. The van der Waals surface area contributed by atoms with Gasteiger partial charge >= 0.3 is 0 Å². The Labute approximate surface area is 124 Å². The molecule has 116 valence electrons. The molecule has 0 aliphatic heterocycles. The Bertz CT molecular complexity index is 838. The van der Waals surface area contributed by atoms with Crippen molar-refractivity contribution in [3.05, 3.63) is 52.1 Å². The van der Waals surface area contributed by atoms with E-state index in [0.717, 1.165) is 12.8 Å². The lowest BCUT2D eigenvalue weighted by molar-refractivity contribution is 0.298. The lowest BCUT2D eigenvalue weighted by Gasteiger charge is -2.15. The minimum atomic E-state index is -1.39. The topological polar surface area (TPSA) is 31.2 Å². The van der Waals surface area contributed by atoms with Crippen LogP contribution in [0.3, 0.4) is 0 Å². The van der Waals surface area contributed by atoms with E-state index in [1.54, 1.807) is 6.92 Å². The third-order valence-electron chi connectivity index (χ3n) is 3.70. The molecule has 0 saturated heterocycles. The van der Waals surface area contributed by atoms with Gasteiger partial charge in [0, 0.05) is 18.3 Å². The van der Waals surface area contributed by atoms with Crippen LogP contribution in [0.4, 0.5) is 13.2 Å². The van der Waals surface area contributed by atoms with E-state index < -0.39 is 28.3 Å². The fraction of sp³-hybridized carbons (Fsp3) is 0.312. The van der Waals surface area contributed by atoms with Crippen LogP contribution in [0, 0.1) is 17.5 Å². The van der Waals surface area contributed by atoms with Crippen molar-refractivity contribution in [2.45, 2.75) is 25.8 Å². The van der Waals surface area contributed by atoms with Gasteiger partial charge in [-0.2, -0.15) is 0 Å². The lowest BCUT2D eigenvalue weighted by Crippen LogP contribution is -2.17. The molecule has 2 aromatic rings. The van der Waals surface area contributed by atoms with E-state index in [9.17, 15) is 18.0 Å². The Balaban J connectivity index is 2.41. The molecule has 1 heterocycles. The van der Waals surface area contributed by atoms with Crippen LogP contribution in [0.1, 0.15) is 31.4 Å². The highest BCUT2D eigenvalue weighted by Gasteiger charge is 2.29. The van der Waals surface area contributed by atoms with Gasteiger partial charge in [0.2, 0.25) is 5.43 Å². The SMILES string of the molecule is C=C(OCC)c1cn(C2CC2)c2c(F)cc(F)c(F)c2c1=O. The third-order valence-corrected chi connectivity index (χ3v) is 3.70. The van der Waals surface area contributed by atoms with Crippen LogP contribution >= 0.6 is 0 Å². The number of aromatic nitrogens is 1. The summed E-state index contributed by atoms with van der Waals surface area (Å²) in [4.78, 5) is 12.4. The molecule has 0 radical (unpaired) electrons. The molecule has 0 atom stereocenters. The summed E-state index contributed by atoms with van der Waals surface area (Å²) in [5, 5.41) is -0.595. The Kier molecular flexibility index (Phi) is 3.47. The Morgan fingerprint density at radius 3 is 2.64 bits per heavy atom. The van der Waals surface area contributed by atoms with Crippen molar-refractivity contribution in [1.29, 1.82) is 0 Å². The van der Waals surface area contributed by atoms with E-state index >= 15 is 0 Å². The molecule has 1 aromatic carbocycles. The summed E-state index contributed by atoms with van der Waals surface area (Å²) in [7, 11) is 0. The summed E-state index contributed by atoms with van der Waals surface area (Å²) >= 11 is 0. The van der Waals surface area contributed by atoms with Gasteiger partial charge in [0.05, 0.1) is 23.1 Å². The molecule has 1 aliphatic rings. The first kappa shape index (κ1) is 14.7. The Morgan fingerprint density at radius 1 is 1.36 bits per heavy atom. The van der Waals surface area contributed by atoms with E-state index in [1.165, 1.54) is 10.8 Å². The zero-order valence-corrected chi connectivity index (χ0v) is 12.0. The molecular formula is C16H14F3NO2. The zero-order valence-electron chi connectivity index (χ0n) is 12.0. The largest absolute Gasteiger partial charge is 0.494 e. The molecule has 1 fully saturated rings. The number of ether oxygens (including phenoxy) is 1. The molecule has 22 heavy (non-hydrogen) atoms. The zero-order chi connectivity index (χ0) is 16.0. The molecule has 0 N–H and O–H groups in total. The maximum atomic E-state index is 14.1. The van der Waals surface area contributed by atoms with Gasteiger partial charge in [-0.1, -0.05) is 6.58 Å². The molecular weight excluding hydrogens is 295 g/mol. The van der Waals surface area contributed by atoms with Crippen LogP contribution < -0.4 is 5.43 Å². The van der Waals surface area contributed by atoms with Gasteiger partial charge in [0.25, 0.3) is 0 Å². The van der Waals surface area contributed by atoms with E-state index in [1.807, 2.05) is 0 Å². The molecule has 3 nitrogen and oxygen atoms in total. The highest BCUT2D eigenvalue weighted by atomic mass is 19.2. The van der Waals surface area contributed by atoms with Gasteiger partial charge in [-0.05, 0) is 19.8 Å². The monoisotopic (exact) mass is 309 g/mol. The summed E-state index contributed by atoms with van der Waals surface area (Å²) in [6.45, 7) is 5.62. The first-order valence-corrected chi connectivity index (χ1v) is 7.00. The number of nitrogens with zero attached hydrogens (tertiary/aromatic N) is 1. The quantitative estimate of drug-likeness (QED) is 0.636. The van der Waals surface area contributed by atoms with Crippen molar-refractivity contribution in [2.24, 2.45) is 0 Å². The van der Waals surface area contributed by atoms with Crippen molar-refractivity contribution in [3.63, 3.8) is 0 Å². The van der Waals surface area contributed by atoms with Crippen molar-refractivity contribution >= 4 is 16.7 Å².